The number of methoxy groups -OCH3 is 1. The normalized spacial score (nSPS) is 12.2. The van der Waals surface area contributed by atoms with Gasteiger partial charge < -0.3 is 20.3 Å². The van der Waals surface area contributed by atoms with Gasteiger partial charge in [-0.15, -0.1) is 0 Å². The van der Waals surface area contributed by atoms with Crippen molar-refractivity contribution >= 4 is 23.2 Å². The number of nitrogens with one attached hydrogen (secondary N) is 1. The van der Waals surface area contributed by atoms with Crippen molar-refractivity contribution < 1.29 is 14.9 Å². The number of aliphatic hydroxyl groups excluding tert-OH is 1. The number of aliphatic hydroxyl groups is 1. The Balaban J connectivity index is 2.14. The highest BCUT2D eigenvalue weighted by molar-refractivity contribution is 6.35. The fourth-order valence-electron chi connectivity index (χ4n) is 2.13. The predicted octanol–water partition coefficient (Wildman–Crippen LogP) is 3.53. The van der Waals surface area contributed by atoms with Gasteiger partial charge in [0.25, 0.3) is 0 Å². The van der Waals surface area contributed by atoms with E-state index in [-0.39, 0.29) is 23.4 Å². The molecule has 2 rings (SSSR count). The molecule has 1 atom stereocenters. The van der Waals surface area contributed by atoms with Gasteiger partial charge in [-0.1, -0.05) is 35.3 Å². The summed E-state index contributed by atoms with van der Waals surface area (Å²) in [6, 6.07) is 10.2. The first kappa shape index (κ1) is 16.9. The van der Waals surface area contributed by atoms with Crippen LogP contribution in [0.4, 0.5) is 0 Å². The lowest BCUT2D eigenvalue weighted by Gasteiger charge is -2.18. The lowest BCUT2D eigenvalue weighted by atomic mass is 10.1. The van der Waals surface area contributed by atoms with E-state index in [4.69, 9.17) is 27.9 Å². The number of rotatable bonds is 6. The third kappa shape index (κ3) is 4.05. The van der Waals surface area contributed by atoms with Crippen molar-refractivity contribution in [2.45, 2.75) is 12.6 Å². The van der Waals surface area contributed by atoms with E-state index < -0.39 is 0 Å². The Bertz CT molecular complexity index is 649. The van der Waals surface area contributed by atoms with Crippen LogP contribution in [0.25, 0.3) is 0 Å². The Kier molecular flexibility index (Phi) is 5.91. The summed E-state index contributed by atoms with van der Waals surface area (Å²) >= 11 is 11.8. The Labute approximate surface area is 139 Å². The lowest BCUT2D eigenvalue weighted by molar-refractivity contribution is 0.243. The Morgan fingerprint density at radius 1 is 1.23 bits per heavy atom. The summed E-state index contributed by atoms with van der Waals surface area (Å²) in [6.07, 6.45) is 0. The summed E-state index contributed by atoms with van der Waals surface area (Å²) in [7, 11) is 1.59. The van der Waals surface area contributed by atoms with Crippen molar-refractivity contribution in [1.29, 1.82) is 0 Å². The maximum Gasteiger partial charge on any atom is 0.138 e. The van der Waals surface area contributed by atoms with Gasteiger partial charge in [-0.2, -0.15) is 0 Å². The molecule has 0 aliphatic heterocycles. The monoisotopic (exact) mass is 341 g/mol. The smallest absolute Gasteiger partial charge is 0.138 e. The minimum atomic E-state index is -0.299. The average Bonchev–Trinajstić information content (AvgIpc) is 2.52. The van der Waals surface area contributed by atoms with Crippen LogP contribution >= 0.6 is 23.2 Å². The van der Waals surface area contributed by atoms with Crippen LogP contribution in [0.15, 0.2) is 36.4 Å². The van der Waals surface area contributed by atoms with Crippen molar-refractivity contribution in [3.05, 3.63) is 57.6 Å². The fourth-order valence-corrected chi connectivity index (χ4v) is 2.67. The first-order valence-corrected chi connectivity index (χ1v) is 7.45. The summed E-state index contributed by atoms with van der Waals surface area (Å²) in [5.41, 5.74) is 1.45. The van der Waals surface area contributed by atoms with Crippen LogP contribution in [0.3, 0.4) is 0 Å². The van der Waals surface area contributed by atoms with Gasteiger partial charge in [-0.05, 0) is 29.8 Å². The van der Waals surface area contributed by atoms with Gasteiger partial charge in [0.1, 0.15) is 11.5 Å². The van der Waals surface area contributed by atoms with E-state index in [1.54, 1.807) is 13.2 Å². The Hall–Kier alpha value is -1.46. The molecule has 2 aromatic rings. The first-order chi connectivity index (χ1) is 10.5. The molecule has 0 aliphatic rings. The van der Waals surface area contributed by atoms with Gasteiger partial charge in [0.05, 0.1) is 24.8 Å². The van der Waals surface area contributed by atoms with E-state index in [9.17, 15) is 10.2 Å². The molecule has 4 nitrogen and oxygen atoms in total. The molecule has 0 heterocycles. The molecule has 0 saturated carbocycles. The second kappa shape index (κ2) is 7.70. The molecule has 1 unspecified atom stereocenters. The van der Waals surface area contributed by atoms with Crippen LogP contribution in [0.1, 0.15) is 17.2 Å². The number of phenols is 1. The molecule has 0 spiro atoms. The molecule has 0 saturated heterocycles. The van der Waals surface area contributed by atoms with Gasteiger partial charge in [0, 0.05) is 17.1 Å². The van der Waals surface area contributed by atoms with Crippen LogP contribution in [-0.4, -0.2) is 23.9 Å². The van der Waals surface area contributed by atoms with Crippen LogP contribution in [0.2, 0.25) is 10.0 Å². The highest BCUT2D eigenvalue weighted by Gasteiger charge is 2.13. The molecular formula is C16H17Cl2NO3. The Morgan fingerprint density at radius 3 is 2.68 bits per heavy atom. The minimum Gasteiger partial charge on any atom is -0.506 e. The van der Waals surface area contributed by atoms with E-state index in [1.807, 2.05) is 24.3 Å². The van der Waals surface area contributed by atoms with E-state index >= 15 is 0 Å². The van der Waals surface area contributed by atoms with Gasteiger partial charge in [0.2, 0.25) is 0 Å². The fraction of sp³-hybridized carbons (Fsp3) is 0.250. The third-order valence-corrected chi connectivity index (χ3v) is 3.83. The van der Waals surface area contributed by atoms with E-state index in [0.29, 0.717) is 22.9 Å². The van der Waals surface area contributed by atoms with Crippen LogP contribution in [0.5, 0.6) is 11.5 Å². The van der Waals surface area contributed by atoms with E-state index in [1.165, 1.54) is 6.07 Å². The highest BCUT2D eigenvalue weighted by Crippen LogP contribution is 2.31. The average molecular weight is 342 g/mol. The number of benzene rings is 2. The molecular weight excluding hydrogens is 325 g/mol. The van der Waals surface area contributed by atoms with Gasteiger partial charge in [-0.25, -0.2) is 0 Å². The summed E-state index contributed by atoms with van der Waals surface area (Å²) in [6.45, 7) is 0.219. The van der Waals surface area contributed by atoms with Crippen LogP contribution in [-0.2, 0) is 6.54 Å². The molecule has 0 bridgehead atoms. The number of phenolic OH excluding ortho intramolecular Hbond substituents is 1. The quantitative estimate of drug-likeness (QED) is 0.752. The molecule has 0 aliphatic carbocycles. The van der Waals surface area contributed by atoms with E-state index in [0.717, 1.165) is 5.56 Å². The highest BCUT2D eigenvalue weighted by atomic mass is 35.5. The number of hydrogen-bond donors (Lipinski definition) is 3. The molecule has 0 aromatic heterocycles. The standard InChI is InChI=1S/C16H17Cl2NO3/c1-22-13-4-2-3-10(6-13)15(9-20)19-8-11-5-12(17)7-14(18)16(11)21/h2-7,15,19-21H,8-9H2,1H3. The minimum absolute atomic E-state index is 0.0131. The molecule has 0 amide bonds. The van der Waals surface area contributed by atoms with Gasteiger partial charge in [-0.3, -0.25) is 0 Å². The zero-order valence-electron chi connectivity index (χ0n) is 12.0. The summed E-state index contributed by atoms with van der Waals surface area (Å²) in [4.78, 5) is 0. The van der Waals surface area contributed by atoms with Gasteiger partial charge in [0.15, 0.2) is 0 Å². The maximum atomic E-state index is 9.95. The van der Waals surface area contributed by atoms with Crippen molar-refractivity contribution in [2.75, 3.05) is 13.7 Å². The van der Waals surface area contributed by atoms with E-state index in [2.05, 4.69) is 5.32 Å². The van der Waals surface area contributed by atoms with Gasteiger partial charge >= 0.3 is 0 Å². The molecule has 2 aromatic carbocycles. The summed E-state index contributed by atoms with van der Waals surface area (Å²) in [5, 5.41) is 23.3. The van der Waals surface area contributed by atoms with Crippen molar-refractivity contribution in [2.24, 2.45) is 0 Å². The largest absolute Gasteiger partial charge is 0.506 e. The number of halogens is 2. The number of hydrogen-bond acceptors (Lipinski definition) is 4. The molecule has 3 N–H and O–H groups in total. The second-order valence-corrected chi connectivity index (χ2v) is 5.63. The maximum absolute atomic E-state index is 9.95. The summed E-state index contributed by atoms with van der Waals surface area (Å²) in [5.74, 6) is 0.701. The molecule has 118 valence electrons. The summed E-state index contributed by atoms with van der Waals surface area (Å²) < 4.78 is 5.18. The van der Waals surface area contributed by atoms with Crippen LogP contribution < -0.4 is 10.1 Å². The zero-order chi connectivity index (χ0) is 16.1. The zero-order valence-corrected chi connectivity index (χ0v) is 13.5. The molecule has 22 heavy (non-hydrogen) atoms. The Morgan fingerprint density at radius 2 is 2.00 bits per heavy atom. The SMILES string of the molecule is COc1cccc(C(CO)NCc2cc(Cl)cc(Cl)c2O)c1. The van der Waals surface area contributed by atoms with Crippen molar-refractivity contribution in [3.63, 3.8) is 0 Å². The topological polar surface area (TPSA) is 61.7 Å². The van der Waals surface area contributed by atoms with Crippen molar-refractivity contribution in [3.8, 4) is 11.5 Å². The molecule has 0 fully saturated rings. The first-order valence-electron chi connectivity index (χ1n) is 6.70. The molecule has 6 heteroatoms. The molecule has 0 radical (unpaired) electrons. The predicted molar refractivity (Wildman–Crippen MR) is 87.8 cm³/mol. The number of ether oxygens (including phenoxy) is 1. The lowest BCUT2D eigenvalue weighted by Crippen LogP contribution is -2.24. The van der Waals surface area contributed by atoms with Crippen LogP contribution in [0, 0.1) is 0 Å². The van der Waals surface area contributed by atoms with Crippen molar-refractivity contribution in [1.82, 2.24) is 5.32 Å². The second-order valence-electron chi connectivity index (χ2n) is 4.79. The third-order valence-electron chi connectivity index (χ3n) is 3.32. The number of aromatic hydroxyl groups is 1.